The number of pyridine rings is 1. The first-order valence-corrected chi connectivity index (χ1v) is 5.54. The molecule has 0 radical (unpaired) electrons. The minimum atomic E-state index is 0.961. The fourth-order valence-electron chi connectivity index (χ4n) is 1.02. The van der Waals surface area contributed by atoms with Gasteiger partial charge in [0.25, 0.3) is 0 Å². The topological polar surface area (TPSA) is 12.9 Å². The highest BCUT2D eigenvalue weighted by atomic mass is 32.1. The Bertz CT molecular complexity index is 414. The molecule has 0 unspecified atom stereocenters. The Labute approximate surface area is 102 Å². The van der Waals surface area contributed by atoms with Gasteiger partial charge in [0.2, 0.25) is 0 Å². The van der Waals surface area contributed by atoms with Gasteiger partial charge in [-0.25, -0.2) is 0 Å². The molecule has 0 aliphatic heterocycles. The van der Waals surface area contributed by atoms with Crippen molar-refractivity contribution in [3.8, 4) is 0 Å². The van der Waals surface area contributed by atoms with E-state index in [0.29, 0.717) is 0 Å². The fraction of sp³-hybridized carbons (Fsp3) is 0.0714. The van der Waals surface area contributed by atoms with E-state index < -0.39 is 0 Å². The highest BCUT2D eigenvalue weighted by molar-refractivity contribution is 7.84. The molecule has 1 heterocycles. The van der Waals surface area contributed by atoms with E-state index in [9.17, 15) is 0 Å². The van der Waals surface area contributed by atoms with Gasteiger partial charge < -0.3 is 0 Å². The summed E-state index contributed by atoms with van der Waals surface area (Å²) in [6.45, 7) is 1.96. The van der Waals surface area contributed by atoms with Gasteiger partial charge in [0.15, 0.2) is 0 Å². The van der Waals surface area contributed by atoms with Crippen LogP contribution in [0.4, 0.5) is 0 Å². The summed E-state index contributed by atoms with van der Waals surface area (Å²) in [6, 6.07) is 3.93. The Morgan fingerprint density at radius 2 is 1.81 bits per heavy atom. The van der Waals surface area contributed by atoms with Gasteiger partial charge in [-0.05, 0) is 35.6 Å². The Balaban J connectivity index is 2.43. The van der Waals surface area contributed by atoms with Gasteiger partial charge in [0.05, 0.1) is 0 Å². The summed E-state index contributed by atoms with van der Waals surface area (Å²) in [5.74, 6) is 0. The van der Waals surface area contributed by atoms with Crippen LogP contribution in [0.1, 0.15) is 12.5 Å². The van der Waals surface area contributed by atoms with Crippen LogP contribution in [0.5, 0.6) is 0 Å². The van der Waals surface area contributed by atoms with Crippen LogP contribution in [0, 0.1) is 0 Å². The lowest BCUT2D eigenvalue weighted by Gasteiger charge is -1.87. The second-order valence-corrected chi connectivity index (χ2v) is 3.61. The molecule has 1 nitrogen and oxygen atoms in total. The lowest BCUT2D eigenvalue weighted by atomic mass is 10.2. The molecule has 0 saturated carbocycles. The van der Waals surface area contributed by atoms with Crippen LogP contribution in [0.25, 0.3) is 6.08 Å². The summed E-state index contributed by atoms with van der Waals surface area (Å²) in [6.07, 6.45) is 17.4. The van der Waals surface area contributed by atoms with Gasteiger partial charge in [0, 0.05) is 12.4 Å². The quantitative estimate of drug-likeness (QED) is 0.607. The van der Waals surface area contributed by atoms with Crippen molar-refractivity contribution in [1.29, 1.82) is 0 Å². The first-order chi connectivity index (χ1) is 7.83. The van der Waals surface area contributed by atoms with Crippen molar-refractivity contribution >= 4 is 18.7 Å². The van der Waals surface area contributed by atoms with Gasteiger partial charge in [-0.15, -0.1) is 12.6 Å². The molecule has 16 heavy (non-hydrogen) atoms. The minimum Gasteiger partial charge on any atom is -0.265 e. The number of hydrogen-bond acceptors (Lipinski definition) is 2. The molecule has 0 aliphatic rings. The maximum absolute atomic E-state index is 4.23. The minimum absolute atomic E-state index is 0.961. The molecule has 0 amide bonds. The van der Waals surface area contributed by atoms with E-state index in [1.165, 1.54) is 0 Å². The molecule has 0 aromatic carbocycles. The average molecular weight is 229 g/mol. The number of nitrogens with zero attached hydrogens (tertiary/aromatic N) is 1. The standard InChI is InChI=1S/C14H15NS/c1-2-14(16)8-6-4-3-5-7-13-9-11-15-12-10-13/h2-12,16H,1H3/b4-3+,7-5+,8-6-,14-2+. The first kappa shape index (κ1) is 12.5. The molecule has 0 N–H and O–H groups in total. The maximum atomic E-state index is 4.23. The van der Waals surface area contributed by atoms with Gasteiger partial charge in [-0.1, -0.05) is 36.5 Å². The lowest BCUT2D eigenvalue weighted by molar-refractivity contribution is 1.32. The normalized spacial score (nSPS) is 13.2. The van der Waals surface area contributed by atoms with Gasteiger partial charge in [-0.2, -0.15) is 0 Å². The van der Waals surface area contributed by atoms with Crippen LogP contribution in [-0.2, 0) is 0 Å². The Morgan fingerprint density at radius 3 is 2.50 bits per heavy atom. The van der Waals surface area contributed by atoms with E-state index in [4.69, 9.17) is 0 Å². The van der Waals surface area contributed by atoms with Crippen molar-refractivity contribution in [3.63, 3.8) is 0 Å². The summed E-state index contributed by atoms with van der Waals surface area (Å²) in [4.78, 5) is 4.91. The van der Waals surface area contributed by atoms with E-state index in [1.807, 2.05) is 61.6 Å². The molecule has 82 valence electrons. The van der Waals surface area contributed by atoms with Gasteiger partial charge in [-0.3, -0.25) is 4.98 Å². The van der Waals surface area contributed by atoms with Crippen molar-refractivity contribution in [2.75, 3.05) is 0 Å². The van der Waals surface area contributed by atoms with Crippen LogP contribution in [0.2, 0.25) is 0 Å². The SMILES string of the molecule is C\C=C(S)/C=C\C=C\C=C\c1ccncc1. The van der Waals surface area contributed by atoms with Crippen LogP contribution in [0.3, 0.4) is 0 Å². The zero-order valence-electron chi connectivity index (χ0n) is 9.25. The number of hydrogen-bond donors (Lipinski definition) is 1. The highest BCUT2D eigenvalue weighted by Crippen LogP contribution is 2.01. The van der Waals surface area contributed by atoms with Crippen LogP contribution < -0.4 is 0 Å². The summed E-state index contributed by atoms with van der Waals surface area (Å²) in [5.41, 5.74) is 1.15. The molecule has 0 atom stereocenters. The van der Waals surface area contributed by atoms with Crippen LogP contribution in [-0.4, -0.2) is 4.98 Å². The third-order valence-corrected chi connectivity index (χ3v) is 2.30. The van der Waals surface area contributed by atoms with Gasteiger partial charge >= 0.3 is 0 Å². The summed E-state index contributed by atoms with van der Waals surface area (Å²) >= 11 is 4.23. The second kappa shape index (κ2) is 7.71. The number of rotatable bonds is 4. The van der Waals surface area contributed by atoms with Crippen molar-refractivity contribution in [2.24, 2.45) is 0 Å². The molecule has 0 saturated heterocycles. The predicted molar refractivity (Wildman–Crippen MR) is 74.3 cm³/mol. The molecule has 1 aromatic rings. The number of aromatic nitrogens is 1. The Kier molecular flexibility index (Phi) is 6.04. The molecule has 1 aromatic heterocycles. The first-order valence-electron chi connectivity index (χ1n) is 5.09. The van der Waals surface area contributed by atoms with E-state index in [2.05, 4.69) is 17.6 Å². The summed E-state index contributed by atoms with van der Waals surface area (Å²) < 4.78 is 0. The molecular formula is C14H15NS. The lowest BCUT2D eigenvalue weighted by Crippen LogP contribution is -1.70. The number of allylic oxidation sites excluding steroid dienone is 6. The van der Waals surface area contributed by atoms with Crippen molar-refractivity contribution in [1.82, 2.24) is 4.98 Å². The molecular weight excluding hydrogens is 214 g/mol. The molecule has 0 spiro atoms. The molecule has 2 heteroatoms. The number of thiol groups is 1. The van der Waals surface area contributed by atoms with E-state index in [0.717, 1.165) is 10.5 Å². The average Bonchev–Trinajstić information content (AvgIpc) is 2.34. The smallest absolute Gasteiger partial charge is 0.0273 e. The molecule has 1 rings (SSSR count). The Morgan fingerprint density at radius 1 is 1.12 bits per heavy atom. The third kappa shape index (κ3) is 5.37. The predicted octanol–water partition coefficient (Wildman–Crippen LogP) is 4.04. The molecule has 0 bridgehead atoms. The molecule has 0 aliphatic carbocycles. The van der Waals surface area contributed by atoms with Gasteiger partial charge in [0.1, 0.15) is 0 Å². The summed E-state index contributed by atoms with van der Waals surface area (Å²) in [5, 5.41) is 0. The van der Waals surface area contributed by atoms with Crippen LogP contribution >= 0.6 is 12.6 Å². The van der Waals surface area contributed by atoms with Crippen LogP contribution in [0.15, 0.2) is 65.9 Å². The van der Waals surface area contributed by atoms with Crippen molar-refractivity contribution in [3.05, 3.63) is 71.5 Å². The highest BCUT2D eigenvalue weighted by Gasteiger charge is 1.80. The molecule has 0 fully saturated rings. The van der Waals surface area contributed by atoms with E-state index >= 15 is 0 Å². The zero-order valence-corrected chi connectivity index (χ0v) is 10.1. The van der Waals surface area contributed by atoms with E-state index in [-0.39, 0.29) is 0 Å². The van der Waals surface area contributed by atoms with Crippen molar-refractivity contribution in [2.45, 2.75) is 6.92 Å². The second-order valence-electron chi connectivity index (χ2n) is 3.10. The van der Waals surface area contributed by atoms with E-state index in [1.54, 1.807) is 12.4 Å². The third-order valence-electron chi connectivity index (χ3n) is 1.89. The largest absolute Gasteiger partial charge is 0.265 e. The fourth-order valence-corrected chi connectivity index (χ4v) is 1.11. The Hall–Kier alpha value is -1.54. The van der Waals surface area contributed by atoms with Crippen molar-refractivity contribution < 1.29 is 0 Å². The zero-order chi connectivity index (χ0) is 11.6. The maximum Gasteiger partial charge on any atom is 0.0273 e. The monoisotopic (exact) mass is 229 g/mol. The summed E-state index contributed by atoms with van der Waals surface area (Å²) in [7, 11) is 0.